The van der Waals surface area contributed by atoms with Crippen LogP contribution in [-0.2, 0) is 19.4 Å². The van der Waals surface area contributed by atoms with Gasteiger partial charge in [-0.05, 0) is 48.7 Å². The van der Waals surface area contributed by atoms with Crippen molar-refractivity contribution in [2.75, 3.05) is 5.32 Å². The average Bonchev–Trinajstić information content (AvgIpc) is 2.68. The van der Waals surface area contributed by atoms with Crippen molar-refractivity contribution in [2.24, 2.45) is 5.92 Å². The van der Waals surface area contributed by atoms with Crippen LogP contribution in [0.2, 0.25) is 0 Å². The normalized spacial score (nSPS) is 17.0. The molecule has 0 fully saturated rings. The lowest BCUT2D eigenvalue weighted by Crippen LogP contribution is -2.44. The van der Waals surface area contributed by atoms with E-state index in [9.17, 15) is 23.1 Å². The predicted molar refractivity (Wildman–Crippen MR) is 113 cm³/mol. The summed E-state index contributed by atoms with van der Waals surface area (Å²) >= 11 is 0. The van der Waals surface area contributed by atoms with E-state index in [1.807, 2.05) is 13.8 Å². The van der Waals surface area contributed by atoms with E-state index in [0.29, 0.717) is 18.0 Å². The molecule has 1 heterocycles. The van der Waals surface area contributed by atoms with Crippen LogP contribution in [-0.4, -0.2) is 31.4 Å². The monoisotopic (exact) mass is 428 g/mol. The molecule has 1 aliphatic rings. The Morgan fingerprint density at radius 1 is 1.10 bits per heavy atom. The van der Waals surface area contributed by atoms with Crippen LogP contribution in [0.1, 0.15) is 26.7 Å². The zero-order chi connectivity index (χ0) is 21.9. The number of aliphatic hydroxyl groups excluding tert-OH is 1. The van der Waals surface area contributed by atoms with E-state index in [2.05, 4.69) is 10.6 Å². The lowest BCUT2D eigenvalue weighted by atomic mass is 9.95. The molecule has 2 amide bonds. The number of carbonyl (C=O) groups is 2. The number of aliphatic hydroxyl groups is 1. The van der Waals surface area contributed by atoms with Gasteiger partial charge in [-0.25, -0.2) is 8.42 Å². The second kappa shape index (κ2) is 8.71. The van der Waals surface area contributed by atoms with Crippen molar-refractivity contribution in [3.63, 3.8) is 0 Å². The molecule has 2 aromatic rings. The van der Waals surface area contributed by atoms with Gasteiger partial charge in [-0.15, -0.1) is 0 Å². The van der Waals surface area contributed by atoms with Gasteiger partial charge in [0.15, 0.2) is 0 Å². The first kappa shape index (κ1) is 21.6. The fourth-order valence-electron chi connectivity index (χ4n) is 3.37. The van der Waals surface area contributed by atoms with Crippen LogP contribution in [0.3, 0.4) is 0 Å². The quantitative estimate of drug-likeness (QED) is 0.612. The first-order chi connectivity index (χ1) is 14.2. The minimum Gasteiger partial charge on any atom is -0.511 e. The number of anilines is 1. The van der Waals surface area contributed by atoms with Crippen LogP contribution >= 0.6 is 0 Å². The molecular formula is C22H24N2O5S. The zero-order valence-electron chi connectivity index (χ0n) is 16.8. The number of hydrogen-bond acceptors (Lipinski definition) is 5. The number of hydrogen-bond donors (Lipinski definition) is 3. The topological polar surface area (TPSA) is 113 Å². The van der Waals surface area contributed by atoms with Gasteiger partial charge >= 0.3 is 0 Å². The maximum atomic E-state index is 12.6. The van der Waals surface area contributed by atoms with E-state index >= 15 is 0 Å². The van der Waals surface area contributed by atoms with Crippen LogP contribution in [0.4, 0.5) is 5.69 Å². The molecule has 0 aromatic heterocycles. The molecular weight excluding hydrogens is 404 g/mol. The van der Waals surface area contributed by atoms with Gasteiger partial charge < -0.3 is 15.7 Å². The fourth-order valence-corrected chi connectivity index (χ4v) is 4.65. The Morgan fingerprint density at radius 2 is 1.70 bits per heavy atom. The molecule has 1 aliphatic heterocycles. The Bertz CT molecular complexity index is 1070. The lowest BCUT2D eigenvalue weighted by molar-refractivity contribution is -0.123. The third kappa shape index (κ3) is 4.71. The number of benzene rings is 2. The van der Waals surface area contributed by atoms with Crippen molar-refractivity contribution >= 4 is 27.3 Å². The summed E-state index contributed by atoms with van der Waals surface area (Å²) in [6.45, 7) is 4.02. The smallest absolute Gasteiger partial charge is 0.264 e. The molecule has 2 aromatic carbocycles. The highest BCUT2D eigenvalue weighted by Crippen LogP contribution is 2.24. The Kier molecular flexibility index (Phi) is 6.26. The summed E-state index contributed by atoms with van der Waals surface area (Å²) in [6, 6.07) is 13.5. The molecule has 158 valence electrons. The van der Waals surface area contributed by atoms with Crippen LogP contribution in [0, 0.1) is 5.92 Å². The molecule has 3 rings (SSSR count). The van der Waals surface area contributed by atoms with Gasteiger partial charge in [0, 0.05) is 18.2 Å². The molecule has 0 radical (unpaired) electrons. The van der Waals surface area contributed by atoms with E-state index in [-0.39, 0.29) is 33.6 Å². The Hall–Kier alpha value is -3.13. The summed E-state index contributed by atoms with van der Waals surface area (Å²) < 4.78 is 25.3. The van der Waals surface area contributed by atoms with Crippen molar-refractivity contribution in [3.8, 4) is 0 Å². The molecule has 0 aliphatic carbocycles. The van der Waals surface area contributed by atoms with Gasteiger partial charge in [0.05, 0.1) is 9.79 Å². The van der Waals surface area contributed by atoms with E-state index in [1.165, 1.54) is 36.4 Å². The van der Waals surface area contributed by atoms with Crippen LogP contribution < -0.4 is 10.6 Å². The van der Waals surface area contributed by atoms with Gasteiger partial charge in [0.2, 0.25) is 9.84 Å². The summed E-state index contributed by atoms with van der Waals surface area (Å²) in [4.78, 5) is 25.1. The molecule has 3 N–H and O–H groups in total. The van der Waals surface area contributed by atoms with Crippen molar-refractivity contribution in [1.29, 1.82) is 0 Å². The lowest BCUT2D eigenvalue weighted by Gasteiger charge is -2.26. The molecule has 0 bridgehead atoms. The number of amides is 2. The highest BCUT2D eigenvalue weighted by Gasteiger charge is 2.31. The first-order valence-electron chi connectivity index (χ1n) is 9.63. The van der Waals surface area contributed by atoms with Gasteiger partial charge in [0.25, 0.3) is 11.8 Å². The van der Waals surface area contributed by atoms with Gasteiger partial charge in [-0.3, -0.25) is 9.59 Å². The molecule has 0 saturated carbocycles. The van der Waals surface area contributed by atoms with E-state index in [1.54, 1.807) is 18.2 Å². The number of carbonyl (C=O) groups excluding carboxylic acids is 2. The van der Waals surface area contributed by atoms with Crippen molar-refractivity contribution in [2.45, 2.75) is 42.5 Å². The zero-order valence-corrected chi connectivity index (χ0v) is 17.6. The second-order valence-electron chi connectivity index (χ2n) is 7.62. The molecule has 7 nitrogen and oxygen atoms in total. The third-order valence-corrected chi connectivity index (χ3v) is 6.54. The summed E-state index contributed by atoms with van der Waals surface area (Å²) in [5.41, 5.74) is -0.0135. The molecule has 30 heavy (non-hydrogen) atoms. The van der Waals surface area contributed by atoms with Gasteiger partial charge in [0.1, 0.15) is 11.3 Å². The minimum absolute atomic E-state index is 0.0840. The van der Waals surface area contributed by atoms with E-state index in [0.717, 1.165) is 0 Å². The summed E-state index contributed by atoms with van der Waals surface area (Å²) in [5.74, 6) is -1.27. The molecule has 0 spiro atoms. The standard InChI is InChI=1S/C22H24N2O5S/c1-14(2)12-16-13-19(25)20(22(27)24-16)21(26)23-15-8-10-18(11-9-15)30(28,29)17-6-4-3-5-7-17/h3-11,14,16,25H,12-13H2,1-2H3,(H,23,26)(H,24,27). The van der Waals surface area contributed by atoms with Crippen LogP contribution in [0.5, 0.6) is 0 Å². The van der Waals surface area contributed by atoms with E-state index < -0.39 is 21.7 Å². The Balaban J connectivity index is 1.74. The third-order valence-electron chi connectivity index (χ3n) is 4.75. The van der Waals surface area contributed by atoms with Crippen LogP contribution in [0.25, 0.3) is 0 Å². The van der Waals surface area contributed by atoms with Crippen LogP contribution in [0.15, 0.2) is 75.7 Å². The molecule has 1 atom stereocenters. The van der Waals surface area contributed by atoms with Gasteiger partial charge in [-0.2, -0.15) is 0 Å². The summed E-state index contributed by atoms with van der Waals surface area (Å²) in [5, 5.41) is 15.5. The van der Waals surface area contributed by atoms with Crippen molar-refractivity contribution < 1.29 is 23.1 Å². The first-order valence-corrected chi connectivity index (χ1v) is 11.1. The maximum absolute atomic E-state index is 12.6. The Morgan fingerprint density at radius 3 is 2.27 bits per heavy atom. The largest absolute Gasteiger partial charge is 0.511 e. The highest BCUT2D eigenvalue weighted by molar-refractivity contribution is 7.91. The minimum atomic E-state index is -3.66. The SMILES string of the molecule is CC(C)CC1CC(O)=C(C(=O)Nc2ccc(S(=O)(=O)c3ccccc3)cc2)C(=O)N1. The maximum Gasteiger partial charge on any atom is 0.264 e. The highest BCUT2D eigenvalue weighted by atomic mass is 32.2. The number of rotatable bonds is 6. The van der Waals surface area contributed by atoms with Gasteiger partial charge in [-0.1, -0.05) is 32.0 Å². The summed E-state index contributed by atoms with van der Waals surface area (Å²) in [6.07, 6.45) is 0.892. The van der Waals surface area contributed by atoms with Crippen molar-refractivity contribution in [3.05, 3.63) is 65.9 Å². The summed E-state index contributed by atoms with van der Waals surface area (Å²) in [7, 11) is -3.66. The molecule has 8 heteroatoms. The second-order valence-corrected chi connectivity index (χ2v) is 9.57. The number of nitrogens with one attached hydrogen (secondary N) is 2. The number of sulfone groups is 1. The predicted octanol–water partition coefficient (Wildman–Crippen LogP) is 3.20. The average molecular weight is 429 g/mol. The van der Waals surface area contributed by atoms with Crippen molar-refractivity contribution in [1.82, 2.24) is 5.32 Å². The molecule has 0 saturated heterocycles. The van der Waals surface area contributed by atoms with E-state index in [4.69, 9.17) is 0 Å². The molecule has 1 unspecified atom stereocenters. The fraction of sp³-hybridized carbons (Fsp3) is 0.273. The Labute approximate surface area is 175 Å².